The van der Waals surface area contributed by atoms with Crippen LogP contribution in [0.25, 0.3) is 0 Å². The van der Waals surface area contributed by atoms with Crippen LogP contribution in [0.3, 0.4) is 0 Å². The quantitative estimate of drug-likeness (QED) is 0.623. The maximum absolute atomic E-state index is 5.14. The average molecular weight is 303 g/mol. The Bertz CT molecular complexity index is 607. The summed E-state index contributed by atoms with van der Waals surface area (Å²) in [6.45, 7) is 5.60. The standard InChI is InChI=1S/C15H21N5O2/c1-4-16-15(18-10-14-19-11(2)22-20-14)17-9-12-5-7-13(21-3)8-6-12/h5-8H,4,9-10H2,1-3H3,(H2,16,17,18). The zero-order valence-corrected chi connectivity index (χ0v) is 13.1. The van der Waals surface area contributed by atoms with E-state index in [9.17, 15) is 0 Å². The molecule has 1 aromatic heterocycles. The van der Waals surface area contributed by atoms with Crippen LogP contribution >= 0.6 is 0 Å². The number of methoxy groups -OCH3 is 1. The molecule has 7 heteroatoms. The van der Waals surface area contributed by atoms with E-state index in [1.54, 1.807) is 14.0 Å². The minimum Gasteiger partial charge on any atom is -0.497 e. The first-order chi connectivity index (χ1) is 10.7. The van der Waals surface area contributed by atoms with Crippen molar-refractivity contribution in [3.8, 4) is 5.75 Å². The highest BCUT2D eigenvalue weighted by Crippen LogP contribution is 2.11. The van der Waals surface area contributed by atoms with Gasteiger partial charge in [-0.3, -0.25) is 0 Å². The summed E-state index contributed by atoms with van der Waals surface area (Å²) in [6.07, 6.45) is 0. The Kier molecular flexibility index (Phi) is 5.76. The number of rotatable bonds is 6. The summed E-state index contributed by atoms with van der Waals surface area (Å²) in [4.78, 5) is 8.67. The second-order valence-electron chi connectivity index (χ2n) is 4.63. The van der Waals surface area contributed by atoms with Crippen LogP contribution in [0.5, 0.6) is 5.75 Å². The van der Waals surface area contributed by atoms with E-state index in [2.05, 4.69) is 25.8 Å². The van der Waals surface area contributed by atoms with Gasteiger partial charge in [-0.15, -0.1) is 0 Å². The lowest BCUT2D eigenvalue weighted by molar-refractivity contribution is 0.387. The van der Waals surface area contributed by atoms with Crippen molar-refractivity contribution in [2.75, 3.05) is 13.7 Å². The molecule has 2 aromatic rings. The molecule has 22 heavy (non-hydrogen) atoms. The molecule has 118 valence electrons. The van der Waals surface area contributed by atoms with Crippen molar-refractivity contribution in [3.05, 3.63) is 41.5 Å². The molecule has 0 spiro atoms. The molecule has 0 saturated heterocycles. The lowest BCUT2D eigenvalue weighted by atomic mass is 10.2. The van der Waals surface area contributed by atoms with Gasteiger partial charge in [0.1, 0.15) is 5.75 Å². The number of hydrogen-bond donors (Lipinski definition) is 2. The van der Waals surface area contributed by atoms with E-state index in [0.29, 0.717) is 30.8 Å². The van der Waals surface area contributed by atoms with Gasteiger partial charge in [-0.25, -0.2) is 4.99 Å². The van der Waals surface area contributed by atoms with E-state index < -0.39 is 0 Å². The first-order valence-electron chi connectivity index (χ1n) is 7.15. The highest BCUT2D eigenvalue weighted by atomic mass is 16.5. The van der Waals surface area contributed by atoms with Crippen LogP contribution in [0.15, 0.2) is 33.8 Å². The van der Waals surface area contributed by atoms with Crippen molar-refractivity contribution in [2.24, 2.45) is 4.99 Å². The van der Waals surface area contributed by atoms with Crippen molar-refractivity contribution in [3.63, 3.8) is 0 Å². The minimum absolute atomic E-state index is 0.464. The molecule has 0 bridgehead atoms. The van der Waals surface area contributed by atoms with Gasteiger partial charge in [-0.2, -0.15) is 4.98 Å². The van der Waals surface area contributed by atoms with E-state index in [4.69, 9.17) is 9.26 Å². The fourth-order valence-electron chi connectivity index (χ4n) is 1.82. The van der Waals surface area contributed by atoms with Crippen LogP contribution in [0, 0.1) is 6.92 Å². The lowest BCUT2D eigenvalue weighted by Crippen LogP contribution is -2.37. The second kappa shape index (κ2) is 8.02. The van der Waals surface area contributed by atoms with Gasteiger partial charge < -0.3 is 19.9 Å². The van der Waals surface area contributed by atoms with Crippen LogP contribution in [0.1, 0.15) is 24.2 Å². The molecule has 2 N–H and O–H groups in total. The third kappa shape index (κ3) is 4.76. The van der Waals surface area contributed by atoms with Crippen LogP contribution in [0.2, 0.25) is 0 Å². The molecule has 0 aliphatic carbocycles. The number of guanidine groups is 1. The number of aliphatic imine (C=N–C) groups is 1. The Labute approximate surface area is 129 Å². The largest absolute Gasteiger partial charge is 0.497 e. The molecule has 0 atom stereocenters. The van der Waals surface area contributed by atoms with Crippen LogP contribution in [-0.4, -0.2) is 29.8 Å². The predicted molar refractivity (Wildman–Crippen MR) is 83.7 cm³/mol. The van der Waals surface area contributed by atoms with Crippen LogP contribution in [0.4, 0.5) is 0 Å². The molecule has 1 heterocycles. The molecule has 0 amide bonds. The normalized spacial score (nSPS) is 11.3. The third-order valence-electron chi connectivity index (χ3n) is 2.91. The third-order valence-corrected chi connectivity index (χ3v) is 2.91. The number of aryl methyl sites for hydroxylation is 1. The van der Waals surface area contributed by atoms with Gasteiger partial charge in [-0.1, -0.05) is 17.3 Å². The molecule has 0 saturated carbocycles. The first-order valence-corrected chi connectivity index (χ1v) is 7.15. The highest BCUT2D eigenvalue weighted by Gasteiger charge is 2.03. The van der Waals surface area contributed by atoms with Gasteiger partial charge in [0, 0.05) is 13.5 Å². The van der Waals surface area contributed by atoms with Gasteiger partial charge in [0.2, 0.25) is 5.89 Å². The SMILES string of the molecule is CCNC(=NCc1ccc(OC)cc1)NCc1noc(C)n1. The van der Waals surface area contributed by atoms with E-state index in [1.165, 1.54) is 0 Å². The number of benzene rings is 1. The molecule has 0 aliphatic heterocycles. The van der Waals surface area contributed by atoms with Crippen molar-refractivity contribution in [1.82, 2.24) is 20.8 Å². The molecule has 0 fully saturated rings. The molecule has 0 aliphatic rings. The zero-order chi connectivity index (χ0) is 15.8. The highest BCUT2D eigenvalue weighted by molar-refractivity contribution is 5.79. The molecule has 7 nitrogen and oxygen atoms in total. The van der Waals surface area contributed by atoms with Crippen LogP contribution < -0.4 is 15.4 Å². The van der Waals surface area contributed by atoms with Crippen molar-refractivity contribution in [2.45, 2.75) is 26.9 Å². The fourth-order valence-corrected chi connectivity index (χ4v) is 1.82. The molecule has 0 unspecified atom stereocenters. The predicted octanol–water partition coefficient (Wildman–Crippen LogP) is 1.64. The average Bonchev–Trinajstić information content (AvgIpc) is 2.96. The number of nitrogens with one attached hydrogen (secondary N) is 2. The Balaban J connectivity index is 1.93. The summed E-state index contributed by atoms with van der Waals surface area (Å²) >= 11 is 0. The monoisotopic (exact) mass is 303 g/mol. The smallest absolute Gasteiger partial charge is 0.223 e. The molecule has 2 rings (SSSR count). The number of nitrogens with zero attached hydrogens (tertiary/aromatic N) is 3. The second-order valence-corrected chi connectivity index (χ2v) is 4.63. The van der Waals surface area contributed by atoms with E-state index in [1.807, 2.05) is 31.2 Å². The Morgan fingerprint density at radius 2 is 2.05 bits per heavy atom. The number of ether oxygens (including phenoxy) is 1. The summed E-state index contributed by atoms with van der Waals surface area (Å²) in [5.41, 5.74) is 1.11. The maximum Gasteiger partial charge on any atom is 0.223 e. The van der Waals surface area contributed by atoms with E-state index >= 15 is 0 Å². The van der Waals surface area contributed by atoms with Crippen molar-refractivity contribution >= 4 is 5.96 Å². The topological polar surface area (TPSA) is 84.6 Å². The van der Waals surface area contributed by atoms with Crippen molar-refractivity contribution in [1.29, 1.82) is 0 Å². The molecule has 0 radical (unpaired) electrons. The maximum atomic E-state index is 5.14. The van der Waals surface area contributed by atoms with Crippen LogP contribution in [-0.2, 0) is 13.1 Å². The molecule has 1 aromatic carbocycles. The Morgan fingerprint density at radius 3 is 2.64 bits per heavy atom. The fraction of sp³-hybridized carbons (Fsp3) is 0.400. The van der Waals surface area contributed by atoms with E-state index in [0.717, 1.165) is 17.9 Å². The van der Waals surface area contributed by atoms with Gasteiger partial charge in [-0.05, 0) is 24.6 Å². The van der Waals surface area contributed by atoms with Gasteiger partial charge in [0.05, 0.1) is 20.2 Å². The Morgan fingerprint density at radius 1 is 1.27 bits per heavy atom. The van der Waals surface area contributed by atoms with E-state index in [-0.39, 0.29) is 0 Å². The number of aromatic nitrogens is 2. The minimum atomic E-state index is 0.464. The van der Waals surface area contributed by atoms with Gasteiger partial charge in [0.15, 0.2) is 11.8 Å². The molecular formula is C15H21N5O2. The summed E-state index contributed by atoms with van der Waals surface area (Å²) in [5, 5.41) is 10.2. The van der Waals surface area contributed by atoms with Gasteiger partial charge >= 0.3 is 0 Å². The summed E-state index contributed by atoms with van der Waals surface area (Å²) in [7, 11) is 1.65. The first kappa shape index (κ1) is 15.8. The summed E-state index contributed by atoms with van der Waals surface area (Å²) in [5.74, 6) is 2.70. The number of hydrogen-bond acceptors (Lipinski definition) is 5. The van der Waals surface area contributed by atoms with Gasteiger partial charge in [0.25, 0.3) is 0 Å². The zero-order valence-electron chi connectivity index (χ0n) is 13.1. The Hall–Kier alpha value is -2.57. The summed E-state index contributed by atoms with van der Waals surface area (Å²) in [6, 6.07) is 7.84. The van der Waals surface area contributed by atoms with Crippen molar-refractivity contribution < 1.29 is 9.26 Å². The summed E-state index contributed by atoms with van der Waals surface area (Å²) < 4.78 is 10.1. The molecular weight excluding hydrogens is 282 g/mol. The lowest BCUT2D eigenvalue weighted by Gasteiger charge is -2.09.